The summed E-state index contributed by atoms with van der Waals surface area (Å²) in [5.41, 5.74) is 2.00. The number of nitrogens with one attached hydrogen (secondary N) is 3. The van der Waals surface area contributed by atoms with Crippen molar-refractivity contribution < 1.29 is 14.0 Å². The quantitative estimate of drug-likeness (QED) is 0.625. The van der Waals surface area contributed by atoms with Gasteiger partial charge in [0, 0.05) is 23.8 Å². The summed E-state index contributed by atoms with van der Waals surface area (Å²) in [6, 6.07) is 12.3. The van der Waals surface area contributed by atoms with Gasteiger partial charge in [-0.25, -0.2) is 4.39 Å². The molecule has 0 aliphatic heterocycles. The lowest BCUT2D eigenvalue weighted by Crippen LogP contribution is -2.43. The van der Waals surface area contributed by atoms with Crippen molar-refractivity contribution in [3.05, 3.63) is 78.1 Å². The van der Waals surface area contributed by atoms with Crippen LogP contribution in [0.2, 0.25) is 0 Å². The molecular weight excluding hydrogens is 345 g/mol. The van der Waals surface area contributed by atoms with Crippen molar-refractivity contribution in [3.8, 4) is 0 Å². The van der Waals surface area contributed by atoms with Gasteiger partial charge in [-0.15, -0.1) is 6.58 Å². The fourth-order valence-corrected chi connectivity index (χ4v) is 2.53. The lowest BCUT2D eigenvalue weighted by Gasteiger charge is -2.20. The molecule has 27 heavy (non-hydrogen) atoms. The molecule has 2 rings (SSSR count). The Bertz CT molecular complexity index is 788. The van der Waals surface area contributed by atoms with E-state index in [9.17, 15) is 14.0 Å². The Labute approximate surface area is 158 Å². The zero-order chi connectivity index (χ0) is 19.8. The van der Waals surface area contributed by atoms with E-state index in [1.165, 1.54) is 24.3 Å². The molecule has 0 spiro atoms. The molecule has 0 heterocycles. The number of hydrogen-bond acceptors (Lipinski definition) is 3. The predicted octanol–water partition coefficient (Wildman–Crippen LogP) is 3.42. The summed E-state index contributed by atoms with van der Waals surface area (Å²) in [7, 11) is 0. The van der Waals surface area contributed by atoms with Gasteiger partial charge >= 0.3 is 0 Å². The minimum atomic E-state index is -0.384. The van der Waals surface area contributed by atoms with Gasteiger partial charge in [0.05, 0.1) is 6.04 Å². The van der Waals surface area contributed by atoms with Crippen molar-refractivity contribution in [2.24, 2.45) is 0 Å². The van der Waals surface area contributed by atoms with Crippen LogP contribution < -0.4 is 16.0 Å². The molecular formula is C21H24FN3O2. The van der Waals surface area contributed by atoms with Crippen molar-refractivity contribution in [3.63, 3.8) is 0 Å². The Hall–Kier alpha value is -2.99. The summed E-state index contributed by atoms with van der Waals surface area (Å²) in [5, 5.41) is 8.75. The van der Waals surface area contributed by atoms with E-state index >= 15 is 0 Å². The minimum Gasteiger partial charge on any atom is -0.351 e. The molecule has 2 amide bonds. The molecule has 0 aliphatic carbocycles. The highest BCUT2D eigenvalue weighted by Crippen LogP contribution is 2.17. The number of benzene rings is 2. The molecule has 0 bridgehead atoms. The molecule has 2 aromatic carbocycles. The monoisotopic (exact) mass is 369 g/mol. The van der Waals surface area contributed by atoms with Gasteiger partial charge in [-0.1, -0.05) is 18.2 Å². The summed E-state index contributed by atoms with van der Waals surface area (Å²) in [5.74, 6) is -0.781. The van der Waals surface area contributed by atoms with Crippen LogP contribution in [0.25, 0.3) is 0 Å². The topological polar surface area (TPSA) is 70.2 Å². The molecule has 0 saturated heterocycles. The summed E-state index contributed by atoms with van der Waals surface area (Å²) in [6.07, 6.45) is 1.63. The van der Waals surface area contributed by atoms with Gasteiger partial charge in [0.1, 0.15) is 5.82 Å². The van der Waals surface area contributed by atoms with Gasteiger partial charge in [-0.3, -0.25) is 14.9 Å². The Morgan fingerprint density at radius 3 is 2.30 bits per heavy atom. The molecule has 6 heteroatoms. The maximum Gasteiger partial charge on any atom is 0.255 e. The number of halogens is 1. The molecule has 0 aromatic heterocycles. The first-order valence-electron chi connectivity index (χ1n) is 8.72. The summed E-state index contributed by atoms with van der Waals surface area (Å²) >= 11 is 0. The van der Waals surface area contributed by atoms with Crippen LogP contribution in [-0.2, 0) is 4.79 Å². The minimum absolute atomic E-state index is 0.0451. The second-order valence-corrected chi connectivity index (χ2v) is 6.23. The molecule has 3 N–H and O–H groups in total. The Morgan fingerprint density at radius 2 is 1.70 bits per heavy atom. The second kappa shape index (κ2) is 9.64. The number of rotatable bonds is 8. The Balaban J connectivity index is 1.93. The van der Waals surface area contributed by atoms with Crippen molar-refractivity contribution in [2.75, 3.05) is 11.9 Å². The van der Waals surface area contributed by atoms with Crippen LogP contribution in [-0.4, -0.2) is 24.4 Å². The third-order valence-corrected chi connectivity index (χ3v) is 4.09. The lowest BCUT2D eigenvalue weighted by molar-refractivity contribution is -0.122. The Kier molecular flexibility index (Phi) is 7.25. The fraction of sp³-hybridized carbons (Fsp3) is 0.238. The zero-order valence-electron chi connectivity index (χ0n) is 15.5. The van der Waals surface area contributed by atoms with Crippen LogP contribution in [0.4, 0.5) is 10.1 Å². The Morgan fingerprint density at radius 1 is 1.07 bits per heavy atom. The van der Waals surface area contributed by atoms with Gasteiger partial charge in [0.2, 0.25) is 5.91 Å². The summed E-state index contributed by atoms with van der Waals surface area (Å²) in [6.45, 7) is 7.76. The summed E-state index contributed by atoms with van der Waals surface area (Å²) < 4.78 is 12.9. The number of amides is 2. The molecule has 142 valence electrons. The first-order chi connectivity index (χ1) is 12.9. The first-order valence-corrected chi connectivity index (χ1v) is 8.72. The average molecular weight is 369 g/mol. The van der Waals surface area contributed by atoms with E-state index in [-0.39, 0.29) is 29.7 Å². The highest BCUT2D eigenvalue weighted by atomic mass is 19.1. The van der Waals surface area contributed by atoms with E-state index in [1.54, 1.807) is 25.1 Å². The van der Waals surface area contributed by atoms with E-state index in [1.807, 2.05) is 19.1 Å². The largest absolute Gasteiger partial charge is 0.351 e. The summed E-state index contributed by atoms with van der Waals surface area (Å²) in [4.78, 5) is 24.1. The van der Waals surface area contributed by atoms with Gasteiger partial charge < -0.3 is 10.6 Å². The van der Waals surface area contributed by atoms with E-state index in [2.05, 4.69) is 22.5 Å². The van der Waals surface area contributed by atoms with E-state index in [4.69, 9.17) is 0 Å². The van der Waals surface area contributed by atoms with Gasteiger partial charge in [-0.05, 0) is 55.8 Å². The van der Waals surface area contributed by atoms with Crippen LogP contribution in [0.5, 0.6) is 0 Å². The maximum absolute atomic E-state index is 12.9. The van der Waals surface area contributed by atoms with Crippen molar-refractivity contribution >= 4 is 17.5 Å². The van der Waals surface area contributed by atoms with Crippen LogP contribution in [0.1, 0.15) is 35.8 Å². The number of hydrogen-bond donors (Lipinski definition) is 3. The molecule has 0 aliphatic rings. The number of carbonyl (C=O) groups excluding carboxylic acids is 2. The third-order valence-electron chi connectivity index (χ3n) is 4.09. The van der Waals surface area contributed by atoms with Gasteiger partial charge in [0.25, 0.3) is 5.91 Å². The average Bonchev–Trinajstić information content (AvgIpc) is 2.66. The van der Waals surface area contributed by atoms with Crippen LogP contribution in [0, 0.1) is 5.82 Å². The molecule has 2 atom stereocenters. The molecule has 0 radical (unpaired) electrons. The molecule has 5 nitrogen and oxygen atoms in total. The molecule has 0 unspecified atom stereocenters. The first kappa shape index (κ1) is 20.3. The molecule has 0 fully saturated rings. The zero-order valence-corrected chi connectivity index (χ0v) is 15.5. The molecule has 0 saturated carbocycles. The number of carbonyl (C=O) groups is 2. The third kappa shape index (κ3) is 6.04. The fourth-order valence-electron chi connectivity index (χ4n) is 2.53. The standard InChI is InChI=1S/C21H24FN3O2/c1-4-13-23-20(26)15(3)24-14(2)16-7-11-19(12-8-16)25-21(27)17-5-9-18(22)10-6-17/h4-12,14-15,24H,1,13H2,2-3H3,(H,23,26)(H,25,27)/t14-,15-/m1/s1. The van der Waals surface area contributed by atoms with Crippen molar-refractivity contribution in [1.29, 1.82) is 0 Å². The maximum atomic E-state index is 12.9. The number of anilines is 1. The van der Waals surface area contributed by atoms with Crippen LogP contribution in [0.15, 0.2) is 61.2 Å². The smallest absolute Gasteiger partial charge is 0.255 e. The van der Waals surface area contributed by atoms with Crippen molar-refractivity contribution in [2.45, 2.75) is 25.9 Å². The van der Waals surface area contributed by atoms with Crippen molar-refractivity contribution in [1.82, 2.24) is 10.6 Å². The highest BCUT2D eigenvalue weighted by molar-refractivity contribution is 6.04. The van der Waals surface area contributed by atoms with Crippen LogP contribution >= 0.6 is 0 Å². The van der Waals surface area contributed by atoms with Gasteiger partial charge in [-0.2, -0.15) is 0 Å². The second-order valence-electron chi connectivity index (χ2n) is 6.23. The predicted molar refractivity (Wildman–Crippen MR) is 105 cm³/mol. The lowest BCUT2D eigenvalue weighted by atomic mass is 10.1. The van der Waals surface area contributed by atoms with E-state index in [0.717, 1.165) is 5.56 Å². The van der Waals surface area contributed by atoms with Crippen LogP contribution in [0.3, 0.4) is 0 Å². The van der Waals surface area contributed by atoms with E-state index in [0.29, 0.717) is 17.8 Å². The highest BCUT2D eigenvalue weighted by Gasteiger charge is 2.15. The van der Waals surface area contributed by atoms with Gasteiger partial charge in [0.15, 0.2) is 0 Å². The normalized spacial score (nSPS) is 12.7. The SMILES string of the molecule is C=CCNC(=O)[C@@H](C)N[C@H](C)c1ccc(NC(=O)c2ccc(F)cc2)cc1. The molecule has 2 aromatic rings. The van der Waals surface area contributed by atoms with E-state index < -0.39 is 0 Å².